The average molecular weight is 337 g/mol. The quantitative estimate of drug-likeness (QED) is 0.680. The summed E-state index contributed by atoms with van der Waals surface area (Å²) < 4.78 is 0. The summed E-state index contributed by atoms with van der Waals surface area (Å²) in [6, 6.07) is 17.2. The van der Waals surface area contributed by atoms with Crippen LogP contribution in [0.15, 0.2) is 72.4 Å². The number of hydrogen-bond donors (Lipinski definition) is 3. The SMILES string of the molecule is CC=C(CC)NNC(=O)C(NC(=O)c1ccccc1)c1ccccc1. The van der Waals surface area contributed by atoms with E-state index in [-0.39, 0.29) is 11.8 Å². The molecular formula is C20H23N3O2. The number of carbonyl (C=O) groups is 2. The van der Waals surface area contributed by atoms with Gasteiger partial charge in [0.2, 0.25) is 0 Å². The fourth-order valence-electron chi connectivity index (χ4n) is 2.33. The van der Waals surface area contributed by atoms with Crippen LogP contribution in [0.4, 0.5) is 0 Å². The van der Waals surface area contributed by atoms with Gasteiger partial charge in [0.05, 0.1) is 0 Å². The number of benzene rings is 2. The maximum Gasteiger partial charge on any atom is 0.265 e. The average Bonchev–Trinajstić information content (AvgIpc) is 2.68. The number of hydrazine groups is 1. The summed E-state index contributed by atoms with van der Waals surface area (Å²) in [5, 5.41) is 2.80. The smallest absolute Gasteiger partial charge is 0.265 e. The summed E-state index contributed by atoms with van der Waals surface area (Å²) in [5.41, 5.74) is 7.68. The van der Waals surface area contributed by atoms with Crippen molar-refractivity contribution in [2.45, 2.75) is 26.3 Å². The van der Waals surface area contributed by atoms with Crippen molar-refractivity contribution in [1.82, 2.24) is 16.2 Å². The van der Waals surface area contributed by atoms with Crippen molar-refractivity contribution in [3.8, 4) is 0 Å². The third-order valence-electron chi connectivity index (χ3n) is 3.78. The zero-order valence-corrected chi connectivity index (χ0v) is 14.5. The van der Waals surface area contributed by atoms with Crippen molar-refractivity contribution in [2.24, 2.45) is 0 Å². The van der Waals surface area contributed by atoms with E-state index in [4.69, 9.17) is 0 Å². The standard InChI is InChI=1S/C20H23N3O2/c1-3-17(4-2)22-23-20(25)18(15-11-7-5-8-12-15)21-19(24)16-13-9-6-10-14-16/h3,5-14,18,22H,4H2,1-2H3,(H,21,24)(H,23,25). The highest BCUT2D eigenvalue weighted by molar-refractivity contribution is 5.97. The minimum atomic E-state index is -0.795. The van der Waals surface area contributed by atoms with E-state index in [1.807, 2.05) is 56.3 Å². The van der Waals surface area contributed by atoms with Crippen molar-refractivity contribution < 1.29 is 9.59 Å². The molecule has 130 valence electrons. The monoisotopic (exact) mass is 337 g/mol. The molecule has 1 atom stereocenters. The Bertz CT molecular complexity index is 727. The molecule has 0 bridgehead atoms. The van der Waals surface area contributed by atoms with Crippen LogP contribution in [-0.2, 0) is 4.79 Å². The first-order valence-electron chi connectivity index (χ1n) is 8.27. The minimum absolute atomic E-state index is 0.300. The van der Waals surface area contributed by atoms with Crippen LogP contribution in [0, 0.1) is 0 Å². The molecule has 0 spiro atoms. The molecule has 2 aromatic rings. The van der Waals surface area contributed by atoms with Crippen molar-refractivity contribution >= 4 is 11.8 Å². The van der Waals surface area contributed by atoms with Gasteiger partial charge in [-0.05, 0) is 31.0 Å². The van der Waals surface area contributed by atoms with Gasteiger partial charge < -0.3 is 10.7 Å². The Kier molecular flexibility index (Phi) is 6.77. The molecule has 2 amide bonds. The van der Waals surface area contributed by atoms with E-state index in [0.717, 1.165) is 12.1 Å². The molecule has 25 heavy (non-hydrogen) atoms. The Balaban J connectivity index is 2.16. The lowest BCUT2D eigenvalue weighted by Gasteiger charge is -2.20. The van der Waals surface area contributed by atoms with Gasteiger partial charge in [-0.3, -0.25) is 15.0 Å². The maximum atomic E-state index is 12.6. The number of amides is 2. The predicted molar refractivity (Wildman–Crippen MR) is 98.4 cm³/mol. The second-order valence-corrected chi connectivity index (χ2v) is 5.46. The molecule has 0 aromatic heterocycles. The summed E-state index contributed by atoms with van der Waals surface area (Å²) in [6.07, 6.45) is 2.66. The highest BCUT2D eigenvalue weighted by atomic mass is 16.2. The van der Waals surface area contributed by atoms with Crippen LogP contribution in [0.3, 0.4) is 0 Å². The number of nitrogens with one attached hydrogen (secondary N) is 3. The third kappa shape index (κ3) is 5.21. The summed E-state index contributed by atoms with van der Waals surface area (Å²) in [7, 11) is 0. The Morgan fingerprint density at radius 2 is 1.56 bits per heavy atom. The highest BCUT2D eigenvalue weighted by Crippen LogP contribution is 2.14. The lowest BCUT2D eigenvalue weighted by atomic mass is 10.1. The molecule has 5 heteroatoms. The summed E-state index contributed by atoms with van der Waals surface area (Å²) in [6.45, 7) is 3.88. The normalized spacial score (nSPS) is 12.2. The molecule has 0 aliphatic rings. The van der Waals surface area contributed by atoms with Gasteiger partial charge in [-0.25, -0.2) is 0 Å². The van der Waals surface area contributed by atoms with Gasteiger partial charge in [-0.1, -0.05) is 61.5 Å². The lowest BCUT2D eigenvalue weighted by Crippen LogP contribution is -2.45. The van der Waals surface area contributed by atoms with Crippen LogP contribution in [-0.4, -0.2) is 11.8 Å². The Morgan fingerprint density at radius 1 is 0.960 bits per heavy atom. The molecule has 0 fully saturated rings. The van der Waals surface area contributed by atoms with Gasteiger partial charge in [0.15, 0.2) is 0 Å². The number of hydrogen-bond acceptors (Lipinski definition) is 3. The van der Waals surface area contributed by atoms with Crippen LogP contribution >= 0.6 is 0 Å². The molecule has 0 saturated carbocycles. The first kappa shape index (κ1) is 18.3. The fourth-order valence-corrected chi connectivity index (χ4v) is 2.33. The molecule has 2 rings (SSSR count). The van der Waals surface area contributed by atoms with Gasteiger partial charge in [0.25, 0.3) is 11.8 Å². The molecule has 0 aliphatic carbocycles. The number of rotatable bonds is 7. The molecular weight excluding hydrogens is 314 g/mol. The van der Waals surface area contributed by atoms with Crippen LogP contribution in [0.1, 0.15) is 42.2 Å². The summed E-state index contributed by atoms with van der Waals surface area (Å²) in [4.78, 5) is 25.1. The van der Waals surface area contributed by atoms with Gasteiger partial charge >= 0.3 is 0 Å². The topological polar surface area (TPSA) is 70.2 Å². The van der Waals surface area contributed by atoms with Crippen LogP contribution in [0.2, 0.25) is 0 Å². The second-order valence-electron chi connectivity index (χ2n) is 5.46. The van der Waals surface area contributed by atoms with E-state index in [0.29, 0.717) is 11.1 Å². The first-order chi connectivity index (χ1) is 12.2. The van der Waals surface area contributed by atoms with E-state index < -0.39 is 6.04 Å². The molecule has 2 aromatic carbocycles. The Hall–Kier alpha value is -3.08. The van der Waals surface area contributed by atoms with Crippen LogP contribution in [0.5, 0.6) is 0 Å². The maximum absolute atomic E-state index is 12.6. The third-order valence-corrected chi connectivity index (χ3v) is 3.78. The minimum Gasteiger partial charge on any atom is -0.336 e. The van der Waals surface area contributed by atoms with Crippen molar-refractivity contribution in [1.29, 1.82) is 0 Å². The van der Waals surface area contributed by atoms with Gasteiger partial charge in [0, 0.05) is 11.3 Å². The van der Waals surface area contributed by atoms with Gasteiger partial charge in [-0.15, -0.1) is 0 Å². The van der Waals surface area contributed by atoms with E-state index >= 15 is 0 Å². The van der Waals surface area contributed by atoms with E-state index in [2.05, 4.69) is 16.2 Å². The van der Waals surface area contributed by atoms with Crippen LogP contribution in [0.25, 0.3) is 0 Å². The Morgan fingerprint density at radius 3 is 2.12 bits per heavy atom. The number of allylic oxidation sites excluding steroid dienone is 2. The van der Waals surface area contributed by atoms with Crippen molar-refractivity contribution in [3.05, 3.63) is 83.6 Å². The van der Waals surface area contributed by atoms with E-state index in [9.17, 15) is 9.59 Å². The zero-order chi connectivity index (χ0) is 18.1. The van der Waals surface area contributed by atoms with Crippen molar-refractivity contribution in [2.75, 3.05) is 0 Å². The summed E-state index contributed by atoms with van der Waals surface area (Å²) >= 11 is 0. The highest BCUT2D eigenvalue weighted by Gasteiger charge is 2.23. The van der Waals surface area contributed by atoms with Gasteiger partial charge in [-0.2, -0.15) is 0 Å². The zero-order valence-electron chi connectivity index (χ0n) is 14.5. The molecule has 5 nitrogen and oxygen atoms in total. The molecule has 0 aliphatic heterocycles. The fraction of sp³-hybridized carbons (Fsp3) is 0.200. The predicted octanol–water partition coefficient (Wildman–Crippen LogP) is 3.09. The Labute approximate surface area is 148 Å². The first-order valence-corrected chi connectivity index (χ1v) is 8.27. The molecule has 1 unspecified atom stereocenters. The molecule has 0 heterocycles. The van der Waals surface area contributed by atoms with Crippen LogP contribution < -0.4 is 16.2 Å². The second kappa shape index (κ2) is 9.27. The van der Waals surface area contributed by atoms with Gasteiger partial charge in [0.1, 0.15) is 6.04 Å². The molecule has 3 N–H and O–H groups in total. The van der Waals surface area contributed by atoms with E-state index in [1.54, 1.807) is 24.3 Å². The summed E-state index contributed by atoms with van der Waals surface area (Å²) in [5.74, 6) is -0.630. The van der Waals surface area contributed by atoms with E-state index in [1.165, 1.54) is 0 Å². The lowest BCUT2D eigenvalue weighted by molar-refractivity contribution is -0.123. The largest absolute Gasteiger partial charge is 0.336 e. The number of carbonyl (C=O) groups excluding carboxylic acids is 2. The molecule has 0 saturated heterocycles. The molecule has 0 radical (unpaired) electrons. The van der Waals surface area contributed by atoms with Crippen molar-refractivity contribution in [3.63, 3.8) is 0 Å².